The highest BCUT2D eigenvalue weighted by atomic mass is 32.1. The summed E-state index contributed by atoms with van der Waals surface area (Å²) in [5.74, 6) is -0.696. The fraction of sp³-hybridized carbons (Fsp3) is 0.500. The minimum absolute atomic E-state index is 0.339. The van der Waals surface area contributed by atoms with Crippen molar-refractivity contribution in [2.45, 2.75) is 32.7 Å². The Kier molecular flexibility index (Phi) is 7.16. The van der Waals surface area contributed by atoms with Crippen molar-refractivity contribution in [1.29, 1.82) is 0 Å². The van der Waals surface area contributed by atoms with Gasteiger partial charge in [0.15, 0.2) is 5.13 Å². The number of anilines is 1. The van der Waals surface area contributed by atoms with Crippen LogP contribution in [0, 0.1) is 6.92 Å². The zero-order chi connectivity index (χ0) is 21.6. The fourth-order valence-electron chi connectivity index (χ4n) is 3.86. The van der Waals surface area contributed by atoms with Gasteiger partial charge in [-0.15, -0.1) is 0 Å². The van der Waals surface area contributed by atoms with Crippen molar-refractivity contribution >= 4 is 28.3 Å². The third kappa shape index (κ3) is 5.61. The maximum absolute atomic E-state index is 12.6. The fourth-order valence-corrected chi connectivity index (χ4v) is 4.88. The molecule has 0 atom stereocenters. The number of thiazole rings is 1. The largest absolute Gasteiger partial charge is 0.378 e. The molecular weight excluding hydrogens is 414 g/mol. The molecule has 2 saturated heterocycles. The van der Waals surface area contributed by atoms with Gasteiger partial charge in [0.2, 0.25) is 0 Å². The van der Waals surface area contributed by atoms with E-state index in [0.717, 1.165) is 37.9 Å². The van der Waals surface area contributed by atoms with E-state index < -0.39 is 0 Å². The molecule has 0 bridgehead atoms. The monoisotopic (exact) mass is 443 g/mol. The summed E-state index contributed by atoms with van der Waals surface area (Å²) in [6, 6.07) is 7.56. The number of benzene rings is 1. The third-order valence-electron chi connectivity index (χ3n) is 5.63. The lowest BCUT2D eigenvalue weighted by atomic mass is 10.1. The van der Waals surface area contributed by atoms with Gasteiger partial charge in [-0.3, -0.25) is 25.3 Å². The second kappa shape index (κ2) is 10.2. The van der Waals surface area contributed by atoms with E-state index >= 15 is 0 Å². The highest BCUT2D eigenvalue weighted by Gasteiger charge is 2.21. The first-order valence-corrected chi connectivity index (χ1v) is 11.6. The molecule has 2 fully saturated rings. The van der Waals surface area contributed by atoms with Crippen LogP contribution in [0.5, 0.6) is 0 Å². The van der Waals surface area contributed by atoms with Gasteiger partial charge >= 0.3 is 0 Å². The SMILES string of the molecule is Cc1nc(N2CCOCC2)sc1C(=O)NNC(=O)c1ccc(CN2CCCCC2)cc1. The number of nitrogens with one attached hydrogen (secondary N) is 2. The maximum atomic E-state index is 12.6. The molecule has 0 radical (unpaired) electrons. The number of carbonyl (C=O) groups is 2. The Morgan fingerprint density at radius 1 is 1.00 bits per heavy atom. The third-order valence-corrected chi connectivity index (χ3v) is 6.85. The van der Waals surface area contributed by atoms with Crippen molar-refractivity contribution in [3.63, 3.8) is 0 Å². The maximum Gasteiger partial charge on any atom is 0.281 e. The average molecular weight is 444 g/mol. The minimum Gasteiger partial charge on any atom is -0.378 e. The molecule has 3 heterocycles. The summed E-state index contributed by atoms with van der Waals surface area (Å²) in [5.41, 5.74) is 7.38. The van der Waals surface area contributed by atoms with Crippen molar-refractivity contribution in [2.24, 2.45) is 0 Å². The van der Waals surface area contributed by atoms with Crippen LogP contribution in [0.3, 0.4) is 0 Å². The first kappa shape index (κ1) is 21.7. The number of rotatable bonds is 5. The minimum atomic E-state index is -0.357. The molecule has 2 amide bonds. The van der Waals surface area contributed by atoms with E-state index in [1.54, 1.807) is 19.1 Å². The molecule has 0 unspecified atom stereocenters. The van der Waals surface area contributed by atoms with Crippen molar-refractivity contribution in [3.05, 3.63) is 46.0 Å². The molecule has 2 N–H and O–H groups in total. The molecule has 0 aliphatic carbocycles. The molecule has 4 rings (SSSR count). The van der Waals surface area contributed by atoms with Crippen molar-refractivity contribution < 1.29 is 14.3 Å². The van der Waals surface area contributed by atoms with Crippen LogP contribution in [0.4, 0.5) is 5.13 Å². The van der Waals surface area contributed by atoms with E-state index in [0.29, 0.717) is 29.3 Å². The Morgan fingerprint density at radius 2 is 1.68 bits per heavy atom. The van der Waals surface area contributed by atoms with Crippen LogP contribution >= 0.6 is 11.3 Å². The van der Waals surface area contributed by atoms with Crippen molar-refractivity contribution in [2.75, 3.05) is 44.3 Å². The number of aryl methyl sites for hydroxylation is 1. The number of nitrogens with zero attached hydrogens (tertiary/aromatic N) is 3. The lowest BCUT2D eigenvalue weighted by Crippen LogP contribution is -2.41. The second-order valence-corrected chi connectivity index (χ2v) is 8.93. The number of hydrogen-bond acceptors (Lipinski definition) is 7. The molecular formula is C22H29N5O3S. The molecule has 2 aliphatic rings. The van der Waals surface area contributed by atoms with Gasteiger partial charge in [-0.1, -0.05) is 29.9 Å². The molecule has 2 aliphatic heterocycles. The Morgan fingerprint density at radius 3 is 2.39 bits per heavy atom. The van der Waals surface area contributed by atoms with Crippen LogP contribution in [-0.4, -0.2) is 61.1 Å². The van der Waals surface area contributed by atoms with E-state index in [-0.39, 0.29) is 11.8 Å². The number of carbonyl (C=O) groups excluding carboxylic acids is 2. The number of likely N-dealkylation sites (tertiary alicyclic amines) is 1. The van der Waals surface area contributed by atoms with Gasteiger partial charge in [-0.25, -0.2) is 4.98 Å². The second-order valence-electron chi connectivity index (χ2n) is 7.95. The number of piperidine rings is 1. The summed E-state index contributed by atoms with van der Waals surface area (Å²) in [6.45, 7) is 7.83. The number of ether oxygens (including phenoxy) is 1. The summed E-state index contributed by atoms with van der Waals surface area (Å²) in [7, 11) is 0. The Bertz CT molecular complexity index is 902. The van der Waals surface area contributed by atoms with E-state index in [2.05, 4.69) is 25.6 Å². The van der Waals surface area contributed by atoms with Crippen LogP contribution in [0.1, 0.15) is 50.5 Å². The van der Waals surface area contributed by atoms with Crippen LogP contribution in [0.2, 0.25) is 0 Å². The zero-order valence-corrected chi connectivity index (χ0v) is 18.7. The highest BCUT2D eigenvalue weighted by Crippen LogP contribution is 2.26. The highest BCUT2D eigenvalue weighted by molar-refractivity contribution is 7.17. The van der Waals surface area contributed by atoms with E-state index in [4.69, 9.17) is 4.74 Å². The topological polar surface area (TPSA) is 86.8 Å². The molecule has 166 valence electrons. The Labute approximate surface area is 186 Å². The average Bonchev–Trinajstić information content (AvgIpc) is 3.21. The van der Waals surface area contributed by atoms with Gasteiger partial charge in [0.25, 0.3) is 11.8 Å². The number of aromatic nitrogens is 1. The molecule has 0 spiro atoms. The van der Waals surface area contributed by atoms with Crippen LogP contribution in [0.15, 0.2) is 24.3 Å². The lowest BCUT2D eigenvalue weighted by molar-refractivity contribution is 0.0848. The molecule has 31 heavy (non-hydrogen) atoms. The quantitative estimate of drug-likeness (QED) is 0.690. The van der Waals surface area contributed by atoms with E-state index in [1.165, 1.54) is 36.2 Å². The molecule has 1 aromatic carbocycles. The predicted molar refractivity (Wildman–Crippen MR) is 120 cm³/mol. The van der Waals surface area contributed by atoms with Crippen LogP contribution in [-0.2, 0) is 11.3 Å². The molecule has 0 saturated carbocycles. The summed E-state index contributed by atoms with van der Waals surface area (Å²) in [6.07, 6.45) is 3.83. The number of morpholine rings is 1. The zero-order valence-electron chi connectivity index (χ0n) is 17.9. The lowest BCUT2D eigenvalue weighted by Gasteiger charge is -2.26. The Hall–Kier alpha value is -2.49. The predicted octanol–water partition coefficient (Wildman–Crippen LogP) is 2.35. The van der Waals surface area contributed by atoms with Crippen LogP contribution in [0.25, 0.3) is 0 Å². The van der Waals surface area contributed by atoms with Gasteiger partial charge in [-0.05, 0) is 50.6 Å². The summed E-state index contributed by atoms with van der Waals surface area (Å²) in [4.78, 5) is 34.6. The molecule has 9 heteroatoms. The van der Waals surface area contributed by atoms with Gasteiger partial charge in [0, 0.05) is 25.2 Å². The van der Waals surface area contributed by atoms with Crippen molar-refractivity contribution in [1.82, 2.24) is 20.7 Å². The first-order chi connectivity index (χ1) is 15.1. The number of hydrogen-bond donors (Lipinski definition) is 2. The first-order valence-electron chi connectivity index (χ1n) is 10.8. The smallest absolute Gasteiger partial charge is 0.281 e. The molecule has 2 aromatic rings. The van der Waals surface area contributed by atoms with E-state index in [9.17, 15) is 9.59 Å². The van der Waals surface area contributed by atoms with Crippen LogP contribution < -0.4 is 15.8 Å². The normalized spacial score (nSPS) is 17.4. The summed E-state index contributed by atoms with van der Waals surface area (Å²) < 4.78 is 5.36. The Balaban J connectivity index is 1.30. The summed E-state index contributed by atoms with van der Waals surface area (Å²) >= 11 is 1.33. The number of amides is 2. The van der Waals surface area contributed by atoms with Crippen molar-refractivity contribution in [3.8, 4) is 0 Å². The standard InChI is InChI=1S/C22H29N5O3S/c1-16-19(31-22(23-16)27-11-13-30-14-12-27)21(29)25-24-20(28)18-7-5-17(6-8-18)15-26-9-3-2-4-10-26/h5-8H,2-4,9-15H2,1H3,(H,24,28)(H,25,29). The molecule has 8 nitrogen and oxygen atoms in total. The summed E-state index contributed by atoms with van der Waals surface area (Å²) in [5, 5.41) is 0.807. The van der Waals surface area contributed by atoms with Gasteiger partial charge < -0.3 is 9.64 Å². The van der Waals surface area contributed by atoms with Gasteiger partial charge in [-0.2, -0.15) is 0 Å². The molecule has 1 aromatic heterocycles. The van der Waals surface area contributed by atoms with Gasteiger partial charge in [0.1, 0.15) is 4.88 Å². The van der Waals surface area contributed by atoms with Gasteiger partial charge in [0.05, 0.1) is 18.9 Å². The number of hydrazine groups is 1. The van der Waals surface area contributed by atoms with E-state index in [1.807, 2.05) is 12.1 Å².